The Labute approximate surface area is 224 Å². The number of carbonyl (C=O) groups excluding carboxylic acids is 1. The van der Waals surface area contributed by atoms with E-state index in [2.05, 4.69) is 56.3 Å². The van der Waals surface area contributed by atoms with Crippen LogP contribution in [0.4, 0.5) is 0 Å². The van der Waals surface area contributed by atoms with Crippen molar-refractivity contribution >= 4 is 33.5 Å². The molecule has 1 aliphatic rings. The first-order valence-corrected chi connectivity index (χ1v) is 14.5. The van der Waals surface area contributed by atoms with Crippen LogP contribution in [0.25, 0.3) is 16.2 Å². The van der Waals surface area contributed by atoms with E-state index >= 15 is 0 Å². The molecule has 0 aliphatic heterocycles. The molecule has 1 saturated carbocycles. The summed E-state index contributed by atoms with van der Waals surface area (Å²) >= 11 is 1.61. The maximum absolute atomic E-state index is 10.6. The SMILES string of the molecule is CC.CC(=O)/C=C/c1cccc(O)c1.CCC1CC1.CCCC.CCCCc1nsc2ccccc12. The van der Waals surface area contributed by atoms with Gasteiger partial charge in [-0.2, -0.15) is 4.37 Å². The van der Waals surface area contributed by atoms with Gasteiger partial charge in [-0.05, 0) is 67.1 Å². The normalized spacial score (nSPS) is 11.6. The van der Waals surface area contributed by atoms with Crippen LogP contribution in [0.3, 0.4) is 0 Å². The second-order valence-corrected chi connectivity index (χ2v) is 9.42. The molecule has 0 spiro atoms. The van der Waals surface area contributed by atoms with Crippen LogP contribution < -0.4 is 0 Å². The number of aromatic hydroxyl groups is 1. The number of aromatic nitrogens is 1. The highest BCUT2D eigenvalue weighted by molar-refractivity contribution is 7.13. The van der Waals surface area contributed by atoms with E-state index in [4.69, 9.17) is 5.11 Å². The molecule has 3 nitrogen and oxygen atoms in total. The number of ketones is 1. The average molecular weight is 512 g/mol. The number of aryl methyl sites for hydroxylation is 1. The fourth-order valence-electron chi connectivity index (χ4n) is 2.83. The van der Waals surface area contributed by atoms with Crippen molar-refractivity contribution in [3.05, 3.63) is 65.9 Å². The number of nitrogens with zero attached hydrogens (tertiary/aromatic N) is 1. The number of hydrogen-bond acceptors (Lipinski definition) is 4. The van der Waals surface area contributed by atoms with Crippen molar-refractivity contribution in [1.82, 2.24) is 4.37 Å². The average Bonchev–Trinajstić information content (AvgIpc) is 3.67. The standard InChI is InChI=1S/C11H13NS.C10H10O2.C5H10.C4H10.C2H6/c1-2-3-7-10-9-6-4-5-8-11(9)13-12-10;1-8(11)5-6-9-3-2-4-10(12)7-9;1-2-5-3-4-5;1-3-4-2;1-2/h4-6,8H,2-3,7H2,1H3;2-7,12H,1H3;5H,2-4H2,1H3;3-4H2,1-2H3;1-2H3/b;6-5+;;;. The van der Waals surface area contributed by atoms with E-state index in [-0.39, 0.29) is 11.5 Å². The Morgan fingerprint density at radius 1 is 1.00 bits per heavy atom. The highest BCUT2D eigenvalue weighted by Gasteiger charge is 2.17. The molecule has 0 saturated heterocycles. The van der Waals surface area contributed by atoms with E-state index in [0.717, 1.165) is 17.9 Å². The maximum Gasteiger partial charge on any atom is 0.152 e. The van der Waals surface area contributed by atoms with Crippen molar-refractivity contribution in [2.45, 2.75) is 99.8 Å². The first kappa shape index (κ1) is 33.5. The van der Waals surface area contributed by atoms with Crippen molar-refractivity contribution in [3.63, 3.8) is 0 Å². The fourth-order valence-corrected chi connectivity index (χ4v) is 3.65. The van der Waals surface area contributed by atoms with Crippen LogP contribution in [0.2, 0.25) is 0 Å². The Morgan fingerprint density at radius 2 is 1.67 bits per heavy atom. The molecule has 0 bridgehead atoms. The zero-order valence-corrected chi connectivity index (χ0v) is 24.5. The Morgan fingerprint density at radius 3 is 2.17 bits per heavy atom. The molecule has 36 heavy (non-hydrogen) atoms. The molecule has 4 rings (SSSR count). The van der Waals surface area contributed by atoms with Crippen LogP contribution >= 0.6 is 11.5 Å². The van der Waals surface area contributed by atoms with Crippen molar-refractivity contribution in [3.8, 4) is 5.75 Å². The lowest BCUT2D eigenvalue weighted by Gasteiger charge is -1.94. The number of rotatable bonds is 7. The van der Waals surface area contributed by atoms with Crippen LogP contribution in [0.15, 0.2) is 54.6 Å². The van der Waals surface area contributed by atoms with E-state index in [1.54, 1.807) is 35.8 Å². The third-order valence-electron chi connectivity index (χ3n) is 5.37. The lowest BCUT2D eigenvalue weighted by Crippen LogP contribution is -1.83. The van der Waals surface area contributed by atoms with E-state index in [9.17, 15) is 4.79 Å². The second kappa shape index (κ2) is 21.8. The number of hydrogen-bond donors (Lipinski definition) is 1. The summed E-state index contributed by atoms with van der Waals surface area (Å²) < 4.78 is 5.79. The topological polar surface area (TPSA) is 50.2 Å². The van der Waals surface area contributed by atoms with Crippen LogP contribution in [0, 0.1) is 5.92 Å². The van der Waals surface area contributed by atoms with Gasteiger partial charge in [-0.15, -0.1) is 0 Å². The highest BCUT2D eigenvalue weighted by atomic mass is 32.1. The molecule has 0 atom stereocenters. The third kappa shape index (κ3) is 16.3. The number of phenolic OH excluding ortho intramolecular Hbond substituents is 1. The molecule has 1 heterocycles. The molecule has 4 heteroatoms. The number of allylic oxidation sites excluding steroid dienone is 1. The predicted molar refractivity (Wildman–Crippen MR) is 161 cm³/mol. The molecule has 2 aromatic carbocycles. The number of unbranched alkanes of at least 4 members (excludes halogenated alkanes) is 2. The smallest absolute Gasteiger partial charge is 0.152 e. The summed E-state index contributed by atoms with van der Waals surface area (Å²) in [5.41, 5.74) is 2.10. The zero-order valence-electron chi connectivity index (χ0n) is 23.7. The van der Waals surface area contributed by atoms with Gasteiger partial charge in [0.15, 0.2) is 5.78 Å². The number of benzene rings is 2. The van der Waals surface area contributed by atoms with Gasteiger partial charge < -0.3 is 5.11 Å². The molecular weight excluding hydrogens is 462 g/mol. The number of carbonyl (C=O) groups is 1. The molecule has 0 unspecified atom stereocenters. The maximum atomic E-state index is 10.6. The lowest BCUT2D eigenvalue weighted by molar-refractivity contribution is -0.112. The van der Waals surface area contributed by atoms with Crippen molar-refractivity contribution in [2.75, 3.05) is 0 Å². The predicted octanol–water partition coefficient (Wildman–Crippen LogP) is 10.3. The molecule has 1 aliphatic carbocycles. The molecule has 1 aromatic heterocycles. The van der Waals surface area contributed by atoms with Gasteiger partial charge in [-0.25, -0.2) is 0 Å². The van der Waals surface area contributed by atoms with Crippen LogP contribution in [-0.4, -0.2) is 15.3 Å². The number of phenols is 1. The van der Waals surface area contributed by atoms with Crippen LogP contribution in [-0.2, 0) is 11.2 Å². The quantitative estimate of drug-likeness (QED) is 0.321. The van der Waals surface area contributed by atoms with Gasteiger partial charge >= 0.3 is 0 Å². The zero-order chi connectivity index (χ0) is 27.2. The fraction of sp³-hybridized carbons (Fsp3) is 0.500. The van der Waals surface area contributed by atoms with Gasteiger partial charge in [-0.1, -0.05) is 116 Å². The Kier molecular flexibility index (Phi) is 20.3. The Balaban J connectivity index is 0.000000488. The Bertz CT molecular complexity index is 971. The molecule has 200 valence electrons. The van der Waals surface area contributed by atoms with Gasteiger partial charge in [-0.3, -0.25) is 4.79 Å². The summed E-state index contributed by atoms with van der Waals surface area (Å²) in [5.74, 6) is 1.34. The Hall–Kier alpha value is -2.46. The van der Waals surface area contributed by atoms with Crippen LogP contribution in [0.1, 0.15) is 105 Å². The number of fused-ring (bicyclic) bond motifs is 1. The summed E-state index contributed by atoms with van der Waals surface area (Å²) in [4.78, 5) is 10.6. The van der Waals surface area contributed by atoms with Gasteiger partial charge in [0.05, 0.1) is 10.4 Å². The van der Waals surface area contributed by atoms with Gasteiger partial charge in [0, 0.05) is 5.39 Å². The van der Waals surface area contributed by atoms with E-state index in [1.807, 2.05) is 19.9 Å². The minimum absolute atomic E-state index is 0.00153. The minimum atomic E-state index is -0.00153. The summed E-state index contributed by atoms with van der Waals surface area (Å²) in [5, 5.41) is 10.4. The van der Waals surface area contributed by atoms with Crippen molar-refractivity contribution in [2.24, 2.45) is 5.92 Å². The third-order valence-corrected chi connectivity index (χ3v) is 6.24. The summed E-state index contributed by atoms with van der Waals surface area (Å²) in [6.45, 7) is 14.3. The van der Waals surface area contributed by atoms with Gasteiger partial charge in [0.2, 0.25) is 0 Å². The molecule has 1 fully saturated rings. The molecule has 1 N–H and O–H groups in total. The van der Waals surface area contributed by atoms with E-state index in [0.29, 0.717) is 0 Å². The monoisotopic (exact) mass is 511 g/mol. The first-order valence-electron chi connectivity index (χ1n) is 13.8. The summed E-state index contributed by atoms with van der Waals surface area (Å²) in [6.07, 6.45) is 13.8. The summed E-state index contributed by atoms with van der Waals surface area (Å²) in [6, 6.07) is 15.2. The molecule has 0 amide bonds. The van der Waals surface area contributed by atoms with Gasteiger partial charge in [0.1, 0.15) is 5.75 Å². The second-order valence-electron chi connectivity index (χ2n) is 8.62. The lowest BCUT2D eigenvalue weighted by atomic mass is 10.1. The highest BCUT2D eigenvalue weighted by Crippen LogP contribution is 2.31. The molecular formula is C32H49NO2S. The first-order chi connectivity index (χ1) is 17.4. The van der Waals surface area contributed by atoms with E-state index in [1.165, 1.54) is 73.7 Å². The van der Waals surface area contributed by atoms with E-state index < -0.39 is 0 Å². The largest absolute Gasteiger partial charge is 0.508 e. The van der Waals surface area contributed by atoms with Gasteiger partial charge in [0.25, 0.3) is 0 Å². The van der Waals surface area contributed by atoms with Crippen molar-refractivity contribution in [1.29, 1.82) is 0 Å². The van der Waals surface area contributed by atoms with Crippen molar-refractivity contribution < 1.29 is 9.90 Å². The van der Waals surface area contributed by atoms with Crippen LogP contribution in [0.5, 0.6) is 5.75 Å². The summed E-state index contributed by atoms with van der Waals surface area (Å²) in [7, 11) is 0. The minimum Gasteiger partial charge on any atom is -0.508 e. The molecule has 3 aromatic rings. The molecule has 0 radical (unpaired) electrons.